The van der Waals surface area contributed by atoms with Gasteiger partial charge >= 0.3 is 0 Å². The molecule has 1 saturated carbocycles. The zero-order valence-electron chi connectivity index (χ0n) is 12.6. The summed E-state index contributed by atoms with van der Waals surface area (Å²) in [6.07, 6.45) is 10.7. The molecule has 0 aliphatic heterocycles. The van der Waals surface area contributed by atoms with Gasteiger partial charge in [-0.1, -0.05) is 26.7 Å². The molecule has 1 atom stereocenters. The fraction of sp³-hybridized carbons (Fsp3) is 0.750. The van der Waals surface area contributed by atoms with Crippen LogP contribution in [0.25, 0.3) is 0 Å². The minimum Gasteiger partial charge on any atom is -0.347 e. The van der Waals surface area contributed by atoms with E-state index in [0.29, 0.717) is 6.04 Å². The number of aryl methyl sites for hydroxylation is 1. The SMILES string of the molecule is CC(C)C(=O)NC1CCCc2cn(C3CCCC3)nc21. The Bertz CT molecular complexity index is 486. The summed E-state index contributed by atoms with van der Waals surface area (Å²) in [4.78, 5) is 11.9. The molecule has 1 amide bonds. The molecule has 1 heterocycles. The molecular weight excluding hydrogens is 250 g/mol. The molecule has 0 saturated heterocycles. The first-order valence-corrected chi connectivity index (χ1v) is 8.03. The van der Waals surface area contributed by atoms with Gasteiger partial charge in [-0.2, -0.15) is 5.10 Å². The number of aromatic nitrogens is 2. The van der Waals surface area contributed by atoms with Gasteiger partial charge in [0.1, 0.15) is 0 Å². The van der Waals surface area contributed by atoms with Gasteiger partial charge in [0.15, 0.2) is 0 Å². The van der Waals surface area contributed by atoms with Crippen molar-refractivity contribution in [2.24, 2.45) is 5.92 Å². The lowest BCUT2D eigenvalue weighted by Crippen LogP contribution is -2.33. The molecule has 4 nitrogen and oxygen atoms in total. The van der Waals surface area contributed by atoms with Crippen LogP contribution >= 0.6 is 0 Å². The maximum Gasteiger partial charge on any atom is 0.223 e. The second kappa shape index (κ2) is 5.58. The van der Waals surface area contributed by atoms with Crippen molar-refractivity contribution in [2.45, 2.75) is 70.9 Å². The highest BCUT2D eigenvalue weighted by molar-refractivity contribution is 5.78. The number of nitrogens with one attached hydrogen (secondary N) is 1. The first kappa shape index (κ1) is 13.7. The van der Waals surface area contributed by atoms with Crippen LogP contribution in [-0.2, 0) is 11.2 Å². The van der Waals surface area contributed by atoms with Crippen molar-refractivity contribution in [3.63, 3.8) is 0 Å². The van der Waals surface area contributed by atoms with Crippen LogP contribution in [0.5, 0.6) is 0 Å². The monoisotopic (exact) mass is 275 g/mol. The number of amides is 1. The summed E-state index contributed by atoms with van der Waals surface area (Å²) in [5.41, 5.74) is 2.47. The predicted octanol–water partition coefficient (Wildman–Crippen LogP) is 3.15. The highest BCUT2D eigenvalue weighted by Crippen LogP contribution is 2.33. The summed E-state index contributed by atoms with van der Waals surface area (Å²) in [6.45, 7) is 3.88. The van der Waals surface area contributed by atoms with Crippen molar-refractivity contribution >= 4 is 5.91 Å². The van der Waals surface area contributed by atoms with Crippen molar-refractivity contribution in [1.29, 1.82) is 0 Å². The standard InChI is InChI=1S/C16H25N3O/c1-11(2)16(20)17-14-9-5-6-12-10-19(18-15(12)14)13-7-3-4-8-13/h10-11,13-14H,3-9H2,1-2H3,(H,17,20). The Balaban J connectivity index is 1.79. The number of nitrogens with zero attached hydrogens (tertiary/aromatic N) is 2. The first-order chi connectivity index (χ1) is 9.65. The lowest BCUT2D eigenvalue weighted by atomic mass is 9.93. The van der Waals surface area contributed by atoms with E-state index in [2.05, 4.69) is 16.2 Å². The van der Waals surface area contributed by atoms with E-state index in [0.717, 1.165) is 25.0 Å². The van der Waals surface area contributed by atoms with E-state index < -0.39 is 0 Å². The molecule has 1 unspecified atom stereocenters. The van der Waals surface area contributed by atoms with Crippen molar-refractivity contribution in [1.82, 2.24) is 15.1 Å². The Hall–Kier alpha value is -1.32. The number of rotatable bonds is 3. The summed E-state index contributed by atoms with van der Waals surface area (Å²) >= 11 is 0. The van der Waals surface area contributed by atoms with E-state index in [4.69, 9.17) is 5.10 Å². The fourth-order valence-corrected chi connectivity index (χ4v) is 3.40. The quantitative estimate of drug-likeness (QED) is 0.921. The van der Waals surface area contributed by atoms with Gasteiger partial charge in [-0.3, -0.25) is 9.48 Å². The molecule has 0 bridgehead atoms. The molecule has 20 heavy (non-hydrogen) atoms. The average Bonchev–Trinajstić information content (AvgIpc) is 3.07. The third-order valence-corrected chi connectivity index (χ3v) is 4.65. The van der Waals surface area contributed by atoms with Gasteiger partial charge in [0, 0.05) is 12.1 Å². The van der Waals surface area contributed by atoms with Gasteiger partial charge in [-0.25, -0.2) is 0 Å². The molecule has 0 spiro atoms. The zero-order chi connectivity index (χ0) is 14.1. The molecule has 2 aliphatic rings. The van der Waals surface area contributed by atoms with E-state index in [9.17, 15) is 4.79 Å². The Kier molecular flexibility index (Phi) is 3.81. The first-order valence-electron chi connectivity index (χ1n) is 8.03. The molecule has 0 radical (unpaired) electrons. The molecule has 2 aliphatic carbocycles. The normalized spacial score (nSPS) is 23.1. The van der Waals surface area contributed by atoms with E-state index in [-0.39, 0.29) is 17.9 Å². The summed E-state index contributed by atoms with van der Waals surface area (Å²) in [7, 11) is 0. The van der Waals surface area contributed by atoms with Crippen molar-refractivity contribution in [3.8, 4) is 0 Å². The highest BCUT2D eigenvalue weighted by atomic mass is 16.1. The second-order valence-corrected chi connectivity index (χ2v) is 6.57. The average molecular weight is 275 g/mol. The van der Waals surface area contributed by atoms with Gasteiger partial charge in [0.05, 0.1) is 17.8 Å². The van der Waals surface area contributed by atoms with Crippen LogP contribution in [-0.4, -0.2) is 15.7 Å². The summed E-state index contributed by atoms with van der Waals surface area (Å²) in [6, 6.07) is 0.707. The van der Waals surface area contributed by atoms with Crippen LogP contribution in [0.15, 0.2) is 6.20 Å². The maximum absolute atomic E-state index is 11.9. The number of carbonyl (C=O) groups excluding carboxylic acids is 1. The molecule has 3 rings (SSSR count). The van der Waals surface area contributed by atoms with E-state index in [1.165, 1.54) is 31.2 Å². The van der Waals surface area contributed by atoms with E-state index >= 15 is 0 Å². The third-order valence-electron chi connectivity index (χ3n) is 4.65. The third kappa shape index (κ3) is 2.60. The van der Waals surface area contributed by atoms with Crippen molar-refractivity contribution in [2.75, 3.05) is 0 Å². The van der Waals surface area contributed by atoms with E-state index in [1.54, 1.807) is 0 Å². The molecular formula is C16H25N3O. The van der Waals surface area contributed by atoms with Crippen LogP contribution < -0.4 is 5.32 Å². The minimum absolute atomic E-state index is 0.0392. The van der Waals surface area contributed by atoms with Crippen LogP contribution in [0.3, 0.4) is 0 Å². The highest BCUT2D eigenvalue weighted by Gasteiger charge is 2.28. The number of carbonyl (C=O) groups is 1. The van der Waals surface area contributed by atoms with Gasteiger partial charge in [0.2, 0.25) is 5.91 Å². The number of fused-ring (bicyclic) bond motifs is 1. The van der Waals surface area contributed by atoms with Crippen molar-refractivity contribution in [3.05, 3.63) is 17.5 Å². The topological polar surface area (TPSA) is 46.9 Å². The molecule has 110 valence electrons. The van der Waals surface area contributed by atoms with E-state index in [1.807, 2.05) is 13.8 Å². The molecule has 1 aromatic rings. The fourth-order valence-electron chi connectivity index (χ4n) is 3.40. The van der Waals surface area contributed by atoms with Gasteiger partial charge in [-0.05, 0) is 37.7 Å². The molecule has 1 aromatic heterocycles. The van der Waals surface area contributed by atoms with Gasteiger partial charge < -0.3 is 5.32 Å². The van der Waals surface area contributed by atoms with Gasteiger partial charge in [0.25, 0.3) is 0 Å². The summed E-state index contributed by atoms with van der Waals surface area (Å²) in [5, 5.41) is 7.99. The predicted molar refractivity (Wildman–Crippen MR) is 78.4 cm³/mol. The summed E-state index contributed by atoms with van der Waals surface area (Å²) in [5.74, 6) is 0.176. The molecule has 1 N–H and O–H groups in total. The molecule has 4 heteroatoms. The number of hydrogen-bond donors (Lipinski definition) is 1. The van der Waals surface area contributed by atoms with Crippen LogP contribution in [0.1, 0.15) is 75.7 Å². The Labute approximate surface area is 120 Å². The lowest BCUT2D eigenvalue weighted by Gasteiger charge is -2.23. The Morgan fingerprint density at radius 2 is 2.05 bits per heavy atom. The maximum atomic E-state index is 11.9. The summed E-state index contributed by atoms with van der Waals surface area (Å²) < 4.78 is 2.18. The van der Waals surface area contributed by atoms with Crippen LogP contribution in [0.2, 0.25) is 0 Å². The van der Waals surface area contributed by atoms with Crippen LogP contribution in [0, 0.1) is 5.92 Å². The Morgan fingerprint density at radius 1 is 1.30 bits per heavy atom. The lowest BCUT2D eigenvalue weighted by molar-refractivity contribution is -0.124. The smallest absolute Gasteiger partial charge is 0.223 e. The second-order valence-electron chi connectivity index (χ2n) is 6.57. The largest absolute Gasteiger partial charge is 0.347 e. The van der Waals surface area contributed by atoms with Crippen LogP contribution in [0.4, 0.5) is 0 Å². The number of hydrogen-bond acceptors (Lipinski definition) is 2. The minimum atomic E-state index is 0.0392. The molecule has 1 fully saturated rings. The molecule has 0 aromatic carbocycles. The Morgan fingerprint density at radius 3 is 2.75 bits per heavy atom. The van der Waals surface area contributed by atoms with Crippen molar-refractivity contribution < 1.29 is 4.79 Å². The van der Waals surface area contributed by atoms with Gasteiger partial charge in [-0.15, -0.1) is 0 Å². The zero-order valence-corrected chi connectivity index (χ0v) is 12.6.